The van der Waals surface area contributed by atoms with Crippen molar-refractivity contribution in [2.24, 2.45) is 11.8 Å². The molecule has 4 atom stereocenters. The Kier molecular flexibility index (Phi) is 4.36. The summed E-state index contributed by atoms with van der Waals surface area (Å²) < 4.78 is 18.3. The van der Waals surface area contributed by atoms with E-state index in [1.165, 1.54) is 4.90 Å². The van der Waals surface area contributed by atoms with E-state index in [4.69, 9.17) is 14.2 Å². The molecule has 0 aliphatic carbocycles. The van der Waals surface area contributed by atoms with Gasteiger partial charge in [0.15, 0.2) is 11.5 Å². The minimum Gasteiger partial charge on any atom is -0.493 e. The second-order valence-corrected chi connectivity index (χ2v) is 8.22. The highest BCUT2D eigenvalue weighted by atomic mass is 16.5. The maximum Gasteiger partial charge on any atom is 0.240 e. The first kappa shape index (κ1) is 19.1. The lowest BCUT2D eigenvalue weighted by Gasteiger charge is -2.18. The summed E-state index contributed by atoms with van der Waals surface area (Å²) >= 11 is 0. The van der Waals surface area contributed by atoms with Gasteiger partial charge < -0.3 is 14.2 Å². The van der Waals surface area contributed by atoms with E-state index in [0.29, 0.717) is 29.4 Å². The van der Waals surface area contributed by atoms with Crippen LogP contribution in [-0.2, 0) is 20.9 Å². The Morgan fingerprint density at radius 1 is 1.03 bits per heavy atom. The van der Waals surface area contributed by atoms with E-state index in [1.54, 1.807) is 14.2 Å². The molecule has 0 spiro atoms. The van der Waals surface area contributed by atoms with Gasteiger partial charge in [-0.05, 0) is 44.4 Å². The number of methoxy groups -OCH3 is 2. The highest BCUT2D eigenvalue weighted by molar-refractivity contribution is 6.23. The molecule has 0 saturated carbocycles. The van der Waals surface area contributed by atoms with Gasteiger partial charge in [0.1, 0.15) is 0 Å². The topological polar surface area (TPSA) is 82.9 Å². The number of aryl methyl sites for hydroxylation is 1. The van der Waals surface area contributed by atoms with Gasteiger partial charge in [0.05, 0.1) is 61.9 Å². The highest BCUT2D eigenvalue weighted by Gasteiger charge is 2.63. The Morgan fingerprint density at radius 3 is 2.27 bits per heavy atom. The van der Waals surface area contributed by atoms with Crippen molar-refractivity contribution in [3.8, 4) is 11.5 Å². The number of aromatic nitrogens is 2. The van der Waals surface area contributed by atoms with Crippen LogP contribution in [0.4, 0.5) is 5.69 Å². The summed E-state index contributed by atoms with van der Waals surface area (Å²) in [4.78, 5) is 27.7. The minimum atomic E-state index is -0.343. The van der Waals surface area contributed by atoms with Gasteiger partial charge in [-0.3, -0.25) is 14.3 Å². The van der Waals surface area contributed by atoms with E-state index in [9.17, 15) is 9.59 Å². The van der Waals surface area contributed by atoms with Crippen molar-refractivity contribution in [1.82, 2.24) is 9.78 Å². The van der Waals surface area contributed by atoms with Crippen LogP contribution < -0.4 is 14.4 Å². The van der Waals surface area contributed by atoms with E-state index < -0.39 is 0 Å². The third-order valence-corrected chi connectivity index (χ3v) is 6.63. The molecule has 4 heterocycles. The number of amides is 2. The molecule has 3 aliphatic rings. The third kappa shape index (κ3) is 2.59. The van der Waals surface area contributed by atoms with Gasteiger partial charge in [0.2, 0.25) is 11.8 Å². The number of anilines is 1. The van der Waals surface area contributed by atoms with Crippen LogP contribution in [0.5, 0.6) is 11.5 Å². The molecule has 2 aromatic rings. The first-order valence-corrected chi connectivity index (χ1v) is 10.2. The number of rotatable bonds is 5. The van der Waals surface area contributed by atoms with E-state index >= 15 is 0 Å². The summed E-state index contributed by atoms with van der Waals surface area (Å²) in [5.41, 5.74) is 3.05. The molecule has 8 heteroatoms. The zero-order valence-electron chi connectivity index (χ0n) is 17.5. The molecule has 5 rings (SSSR count). The fourth-order valence-corrected chi connectivity index (χ4v) is 5.25. The monoisotopic (exact) mass is 411 g/mol. The van der Waals surface area contributed by atoms with Crippen molar-refractivity contribution in [3.63, 3.8) is 0 Å². The fraction of sp³-hybridized carbons (Fsp3) is 0.500. The summed E-state index contributed by atoms with van der Waals surface area (Å²) in [6.07, 6.45) is 1.47. The van der Waals surface area contributed by atoms with Crippen LogP contribution in [0.2, 0.25) is 0 Å². The smallest absolute Gasteiger partial charge is 0.240 e. The number of nitrogens with zero attached hydrogens (tertiary/aromatic N) is 3. The molecule has 1 aromatic carbocycles. The maximum atomic E-state index is 13.2. The molecule has 3 aliphatic heterocycles. The van der Waals surface area contributed by atoms with Crippen molar-refractivity contribution in [2.45, 2.75) is 45.4 Å². The molecular weight excluding hydrogens is 386 g/mol. The van der Waals surface area contributed by atoms with Gasteiger partial charge in [-0.25, -0.2) is 4.90 Å². The number of hydrogen-bond acceptors (Lipinski definition) is 6. The average Bonchev–Trinajstić information content (AvgIpc) is 3.47. The molecule has 158 valence electrons. The van der Waals surface area contributed by atoms with Crippen molar-refractivity contribution >= 4 is 17.5 Å². The van der Waals surface area contributed by atoms with Crippen molar-refractivity contribution in [3.05, 3.63) is 35.2 Å². The maximum absolute atomic E-state index is 13.2. The zero-order chi connectivity index (χ0) is 21.2. The Morgan fingerprint density at radius 2 is 1.67 bits per heavy atom. The Hall–Kier alpha value is -2.87. The van der Waals surface area contributed by atoms with Crippen LogP contribution in [0.3, 0.4) is 0 Å². The molecule has 1 aromatic heterocycles. The fourth-order valence-electron chi connectivity index (χ4n) is 5.25. The molecule has 3 saturated heterocycles. The lowest BCUT2D eigenvalue weighted by Crippen LogP contribution is -2.35. The molecule has 0 unspecified atom stereocenters. The van der Waals surface area contributed by atoms with Crippen LogP contribution in [0.25, 0.3) is 0 Å². The largest absolute Gasteiger partial charge is 0.493 e. The van der Waals surface area contributed by atoms with Crippen LogP contribution >= 0.6 is 0 Å². The molecule has 3 fully saturated rings. The zero-order valence-corrected chi connectivity index (χ0v) is 17.5. The first-order valence-electron chi connectivity index (χ1n) is 10.2. The second-order valence-electron chi connectivity index (χ2n) is 8.22. The second kappa shape index (κ2) is 6.84. The summed E-state index contributed by atoms with van der Waals surface area (Å²) in [5.74, 6) is 0.327. The molecule has 2 amide bonds. The van der Waals surface area contributed by atoms with E-state index in [2.05, 4.69) is 5.10 Å². The molecule has 0 N–H and O–H groups in total. The Labute approximate surface area is 174 Å². The van der Waals surface area contributed by atoms with E-state index in [-0.39, 0.29) is 35.9 Å². The quantitative estimate of drug-likeness (QED) is 0.702. The van der Waals surface area contributed by atoms with Gasteiger partial charge in [-0.2, -0.15) is 5.10 Å². The Bertz CT molecular complexity index is 1020. The number of carbonyl (C=O) groups excluding carboxylic acids is 2. The van der Waals surface area contributed by atoms with Crippen molar-refractivity contribution in [1.29, 1.82) is 0 Å². The van der Waals surface area contributed by atoms with Crippen molar-refractivity contribution in [2.75, 3.05) is 19.1 Å². The standard InChI is InChI=1S/C22H25N3O5/c1-11-20(25-21(26)18-15-7-8-16(30-15)19(18)22(25)27)12(2)24(23-11)10-13-5-6-14(28-3)17(9-13)29-4/h5-6,9,15-16,18-19H,7-8,10H2,1-4H3/t15-,16-,18-,19+/m1/s1. The predicted molar refractivity (Wildman–Crippen MR) is 108 cm³/mol. The first-order chi connectivity index (χ1) is 14.4. The summed E-state index contributed by atoms with van der Waals surface area (Å²) in [6.45, 7) is 4.23. The third-order valence-electron chi connectivity index (χ3n) is 6.63. The molecular formula is C22H25N3O5. The SMILES string of the molecule is COc1ccc(Cn2nc(C)c(N3C(=O)[C@@H]4[C@H](C3=O)[C@H]3CC[C@H]4O3)c2C)cc1OC. The van der Waals surface area contributed by atoms with Crippen LogP contribution in [0.1, 0.15) is 29.8 Å². The van der Waals surface area contributed by atoms with E-state index in [1.807, 2.05) is 36.7 Å². The average molecular weight is 411 g/mol. The number of benzene rings is 1. The summed E-state index contributed by atoms with van der Waals surface area (Å²) in [7, 11) is 3.20. The number of imide groups is 1. The van der Waals surface area contributed by atoms with Crippen molar-refractivity contribution < 1.29 is 23.8 Å². The van der Waals surface area contributed by atoms with Gasteiger partial charge in [-0.15, -0.1) is 0 Å². The molecule has 0 radical (unpaired) electrons. The van der Waals surface area contributed by atoms with Gasteiger partial charge in [-0.1, -0.05) is 6.07 Å². The Balaban J connectivity index is 1.46. The van der Waals surface area contributed by atoms with Crippen LogP contribution in [-0.4, -0.2) is 48.0 Å². The predicted octanol–water partition coefficient (Wildman–Crippen LogP) is 2.23. The normalized spacial score (nSPS) is 27.1. The lowest BCUT2D eigenvalue weighted by atomic mass is 9.81. The minimum absolute atomic E-state index is 0.121. The van der Waals surface area contributed by atoms with Gasteiger partial charge in [0.25, 0.3) is 0 Å². The highest BCUT2D eigenvalue weighted by Crippen LogP contribution is 2.50. The molecule has 2 bridgehead atoms. The molecule has 30 heavy (non-hydrogen) atoms. The lowest BCUT2D eigenvalue weighted by molar-refractivity contribution is -0.124. The van der Waals surface area contributed by atoms with Gasteiger partial charge in [0, 0.05) is 0 Å². The van der Waals surface area contributed by atoms with Crippen LogP contribution in [0, 0.1) is 25.7 Å². The number of carbonyl (C=O) groups is 2. The number of hydrogen-bond donors (Lipinski definition) is 0. The number of ether oxygens (including phenoxy) is 3. The van der Waals surface area contributed by atoms with Gasteiger partial charge >= 0.3 is 0 Å². The molecule has 8 nitrogen and oxygen atoms in total. The summed E-state index contributed by atoms with van der Waals surface area (Å²) in [6, 6.07) is 5.70. The van der Waals surface area contributed by atoms with E-state index in [0.717, 1.165) is 24.1 Å². The number of fused-ring (bicyclic) bond motifs is 5. The summed E-state index contributed by atoms with van der Waals surface area (Å²) in [5, 5.41) is 4.63. The van der Waals surface area contributed by atoms with Crippen LogP contribution in [0.15, 0.2) is 18.2 Å².